The molecule has 1 saturated heterocycles. The Hall–Kier alpha value is -1.99. The number of benzene rings is 1. The van der Waals surface area contributed by atoms with E-state index in [1.54, 1.807) is 0 Å². The second-order valence-corrected chi connectivity index (χ2v) is 3.53. The van der Waals surface area contributed by atoms with Crippen LogP contribution in [0.2, 0.25) is 0 Å². The zero-order valence-corrected chi connectivity index (χ0v) is 8.75. The lowest BCUT2D eigenvalue weighted by molar-refractivity contribution is -0.274. The van der Waals surface area contributed by atoms with Gasteiger partial charge in [0.1, 0.15) is 18.2 Å². The summed E-state index contributed by atoms with van der Waals surface area (Å²) >= 11 is 0. The van der Waals surface area contributed by atoms with Crippen LogP contribution in [0.4, 0.5) is 22.4 Å². The van der Waals surface area contributed by atoms with Crippen LogP contribution >= 0.6 is 0 Å². The summed E-state index contributed by atoms with van der Waals surface area (Å²) < 4.78 is 57.6. The summed E-state index contributed by atoms with van der Waals surface area (Å²) in [6.07, 6.45) is -5.61. The Morgan fingerprint density at radius 2 is 2.11 bits per heavy atom. The summed E-state index contributed by atoms with van der Waals surface area (Å²) in [6.45, 7) is -0.148. The zero-order chi connectivity index (χ0) is 13.3. The van der Waals surface area contributed by atoms with Gasteiger partial charge in [-0.2, -0.15) is 0 Å². The van der Waals surface area contributed by atoms with Crippen LogP contribution in [0, 0.1) is 5.82 Å². The molecule has 1 aliphatic rings. The highest BCUT2D eigenvalue weighted by Gasteiger charge is 2.32. The normalized spacial score (nSPS) is 19.3. The van der Waals surface area contributed by atoms with Gasteiger partial charge in [0.05, 0.1) is 6.04 Å². The van der Waals surface area contributed by atoms with Gasteiger partial charge in [0, 0.05) is 5.56 Å². The van der Waals surface area contributed by atoms with E-state index in [1.165, 1.54) is 0 Å². The van der Waals surface area contributed by atoms with Crippen LogP contribution in [0.1, 0.15) is 11.6 Å². The van der Waals surface area contributed by atoms with Gasteiger partial charge in [-0.3, -0.25) is 0 Å². The third-order valence-corrected chi connectivity index (χ3v) is 2.25. The van der Waals surface area contributed by atoms with Crippen molar-refractivity contribution in [1.29, 1.82) is 0 Å². The molecule has 1 heterocycles. The van der Waals surface area contributed by atoms with Crippen molar-refractivity contribution in [2.75, 3.05) is 6.61 Å². The molecular formula is C10H7F4NO3. The molecule has 0 bridgehead atoms. The third kappa shape index (κ3) is 2.82. The van der Waals surface area contributed by atoms with Crippen molar-refractivity contribution >= 4 is 6.09 Å². The number of hydrogen-bond donors (Lipinski definition) is 1. The number of alkyl halides is 3. The molecule has 1 aromatic rings. The number of carbonyl (C=O) groups is 1. The lowest BCUT2D eigenvalue weighted by Gasteiger charge is -2.13. The Morgan fingerprint density at radius 1 is 1.39 bits per heavy atom. The van der Waals surface area contributed by atoms with Gasteiger partial charge in [-0.15, -0.1) is 13.2 Å². The fraction of sp³-hybridized carbons (Fsp3) is 0.300. The first-order chi connectivity index (χ1) is 8.35. The SMILES string of the molecule is O=C1N[C@H](c2cc(OC(F)(F)F)ccc2F)CO1. The molecule has 0 aromatic heterocycles. The molecule has 1 amide bonds. The van der Waals surface area contributed by atoms with Crippen molar-refractivity contribution in [3.05, 3.63) is 29.6 Å². The van der Waals surface area contributed by atoms with E-state index in [1.807, 2.05) is 0 Å². The van der Waals surface area contributed by atoms with Gasteiger partial charge in [0.2, 0.25) is 0 Å². The van der Waals surface area contributed by atoms with Gasteiger partial charge >= 0.3 is 12.5 Å². The second-order valence-electron chi connectivity index (χ2n) is 3.53. The van der Waals surface area contributed by atoms with Gasteiger partial charge < -0.3 is 14.8 Å². The average Bonchev–Trinajstić information content (AvgIpc) is 2.66. The molecule has 0 aliphatic carbocycles. The summed E-state index contributed by atoms with van der Waals surface area (Å²) in [7, 11) is 0. The number of halogens is 4. The first kappa shape index (κ1) is 12.5. The molecule has 1 aromatic carbocycles. The fourth-order valence-corrected chi connectivity index (χ4v) is 1.54. The van der Waals surface area contributed by atoms with Crippen LogP contribution in [0.5, 0.6) is 5.75 Å². The van der Waals surface area contributed by atoms with Crippen LogP contribution in [0.15, 0.2) is 18.2 Å². The van der Waals surface area contributed by atoms with Gasteiger partial charge in [-0.25, -0.2) is 9.18 Å². The molecule has 0 radical (unpaired) electrons. The highest BCUT2D eigenvalue weighted by molar-refractivity contribution is 5.70. The topological polar surface area (TPSA) is 47.6 Å². The molecule has 0 spiro atoms. The van der Waals surface area contributed by atoms with E-state index in [0.29, 0.717) is 0 Å². The number of nitrogens with one attached hydrogen (secondary N) is 1. The summed E-state index contributed by atoms with van der Waals surface area (Å²) in [5.74, 6) is -1.31. The first-order valence-corrected chi connectivity index (χ1v) is 4.83. The Labute approximate surface area is 98.5 Å². The van der Waals surface area contributed by atoms with Crippen molar-refractivity contribution < 1.29 is 31.8 Å². The van der Waals surface area contributed by atoms with Crippen molar-refractivity contribution in [1.82, 2.24) is 5.32 Å². The Kier molecular flexibility index (Phi) is 3.02. The highest BCUT2D eigenvalue weighted by atomic mass is 19.4. The van der Waals surface area contributed by atoms with Crippen LogP contribution in [-0.4, -0.2) is 19.1 Å². The third-order valence-electron chi connectivity index (χ3n) is 2.25. The highest BCUT2D eigenvalue weighted by Crippen LogP contribution is 2.28. The quantitative estimate of drug-likeness (QED) is 0.836. The van der Waals surface area contributed by atoms with E-state index in [0.717, 1.165) is 18.2 Å². The smallest absolute Gasteiger partial charge is 0.447 e. The number of amides is 1. The van der Waals surface area contributed by atoms with E-state index in [9.17, 15) is 22.4 Å². The predicted molar refractivity (Wildman–Crippen MR) is 50.3 cm³/mol. The van der Waals surface area contributed by atoms with Crippen LogP contribution in [0.25, 0.3) is 0 Å². The minimum Gasteiger partial charge on any atom is -0.447 e. The minimum absolute atomic E-state index is 0.123. The number of ether oxygens (including phenoxy) is 2. The van der Waals surface area contributed by atoms with Gasteiger partial charge in [-0.1, -0.05) is 0 Å². The van der Waals surface area contributed by atoms with Crippen LogP contribution in [-0.2, 0) is 4.74 Å². The second kappa shape index (κ2) is 4.35. The molecule has 1 fully saturated rings. The van der Waals surface area contributed by atoms with E-state index in [4.69, 9.17) is 0 Å². The first-order valence-electron chi connectivity index (χ1n) is 4.83. The molecule has 1 atom stereocenters. The van der Waals surface area contributed by atoms with E-state index < -0.39 is 30.1 Å². The number of carbonyl (C=O) groups excluding carboxylic acids is 1. The number of cyclic esters (lactones) is 1. The maximum absolute atomic E-state index is 13.4. The van der Waals surface area contributed by atoms with E-state index >= 15 is 0 Å². The number of alkyl carbamates (subject to hydrolysis) is 1. The monoisotopic (exact) mass is 265 g/mol. The summed E-state index contributed by atoms with van der Waals surface area (Å²) in [5.41, 5.74) is -0.123. The largest absolute Gasteiger partial charge is 0.573 e. The lowest BCUT2D eigenvalue weighted by atomic mass is 10.1. The summed E-state index contributed by atoms with van der Waals surface area (Å²) in [6, 6.07) is 1.74. The minimum atomic E-state index is -4.86. The van der Waals surface area contributed by atoms with E-state index in [2.05, 4.69) is 14.8 Å². The van der Waals surface area contributed by atoms with Crippen molar-refractivity contribution in [3.8, 4) is 5.75 Å². The molecule has 18 heavy (non-hydrogen) atoms. The van der Waals surface area contributed by atoms with Gasteiger partial charge in [-0.05, 0) is 18.2 Å². The Morgan fingerprint density at radius 3 is 2.67 bits per heavy atom. The fourth-order valence-electron chi connectivity index (χ4n) is 1.54. The maximum Gasteiger partial charge on any atom is 0.573 e. The maximum atomic E-state index is 13.4. The Bertz CT molecular complexity index is 475. The molecule has 2 rings (SSSR count). The predicted octanol–water partition coefficient (Wildman–Crippen LogP) is 2.51. The molecule has 8 heteroatoms. The molecule has 0 unspecified atom stereocenters. The molecule has 1 aliphatic heterocycles. The lowest BCUT2D eigenvalue weighted by Crippen LogP contribution is -2.20. The molecule has 4 nitrogen and oxygen atoms in total. The molecule has 1 N–H and O–H groups in total. The van der Waals surface area contributed by atoms with Gasteiger partial charge in [0.15, 0.2) is 0 Å². The molecule has 0 saturated carbocycles. The van der Waals surface area contributed by atoms with Crippen molar-refractivity contribution in [2.24, 2.45) is 0 Å². The van der Waals surface area contributed by atoms with Gasteiger partial charge in [0.25, 0.3) is 0 Å². The summed E-state index contributed by atoms with van der Waals surface area (Å²) in [4.78, 5) is 10.8. The van der Waals surface area contributed by atoms with Crippen LogP contribution in [0.3, 0.4) is 0 Å². The zero-order valence-electron chi connectivity index (χ0n) is 8.75. The molecule has 98 valence electrons. The van der Waals surface area contributed by atoms with E-state index in [-0.39, 0.29) is 12.2 Å². The average molecular weight is 265 g/mol. The van der Waals surface area contributed by atoms with Crippen LogP contribution < -0.4 is 10.1 Å². The van der Waals surface area contributed by atoms with Crippen molar-refractivity contribution in [3.63, 3.8) is 0 Å². The number of rotatable bonds is 2. The number of hydrogen-bond acceptors (Lipinski definition) is 3. The van der Waals surface area contributed by atoms with Crippen molar-refractivity contribution in [2.45, 2.75) is 12.4 Å². The molecular weight excluding hydrogens is 258 g/mol. The Balaban J connectivity index is 2.24. The summed E-state index contributed by atoms with van der Waals surface area (Å²) in [5, 5.41) is 2.26. The standard InChI is InChI=1S/C10H7F4NO3/c11-7-2-1-5(18-10(12,13)14)3-6(7)8-4-17-9(16)15-8/h1-3,8H,4H2,(H,15,16)/t8-/m0/s1.